The summed E-state index contributed by atoms with van der Waals surface area (Å²) in [4.78, 5) is 2.21. The van der Waals surface area contributed by atoms with Crippen molar-refractivity contribution in [2.45, 2.75) is 6.54 Å². The summed E-state index contributed by atoms with van der Waals surface area (Å²) in [6.07, 6.45) is 3.70. The largest absolute Gasteiger partial charge is 0.297 e. The van der Waals surface area contributed by atoms with E-state index in [1.807, 2.05) is 12.4 Å². The van der Waals surface area contributed by atoms with Crippen molar-refractivity contribution in [3.63, 3.8) is 0 Å². The van der Waals surface area contributed by atoms with Crippen molar-refractivity contribution in [1.82, 2.24) is 15.1 Å². The second-order valence-electron chi connectivity index (χ2n) is 6.69. The predicted molar refractivity (Wildman–Crippen MR) is 103 cm³/mol. The number of H-pyrrole nitrogens is 1. The van der Waals surface area contributed by atoms with Gasteiger partial charge in [-0.2, -0.15) is 5.10 Å². The molecule has 6 heteroatoms. The minimum absolute atomic E-state index is 0.266. The monoisotopic (exact) mass is 367 g/mol. The maximum atomic E-state index is 11.6. The van der Waals surface area contributed by atoms with E-state index in [2.05, 4.69) is 63.6 Å². The van der Waals surface area contributed by atoms with E-state index in [4.69, 9.17) is 0 Å². The highest BCUT2D eigenvalue weighted by Gasteiger charge is 2.21. The molecule has 1 saturated heterocycles. The lowest BCUT2D eigenvalue weighted by Gasteiger charge is -2.26. The first-order chi connectivity index (χ1) is 12.6. The van der Waals surface area contributed by atoms with Gasteiger partial charge >= 0.3 is 0 Å². The van der Waals surface area contributed by atoms with Crippen LogP contribution in [0, 0.1) is 0 Å². The Kier molecular flexibility index (Phi) is 4.61. The average Bonchev–Trinajstić information content (AvgIpc) is 3.19. The van der Waals surface area contributed by atoms with Crippen LogP contribution in [-0.2, 0) is 16.4 Å². The molecule has 26 heavy (non-hydrogen) atoms. The molecule has 0 amide bonds. The van der Waals surface area contributed by atoms with Crippen LogP contribution in [0.3, 0.4) is 0 Å². The Labute approximate surface area is 153 Å². The molecular weight excluding hydrogens is 346 g/mol. The number of aromatic nitrogens is 2. The van der Waals surface area contributed by atoms with Gasteiger partial charge in [-0.1, -0.05) is 42.5 Å². The van der Waals surface area contributed by atoms with Crippen molar-refractivity contribution < 1.29 is 8.42 Å². The molecule has 0 atom stereocenters. The SMILES string of the molecule is O=S1(=O)CCN(Cc2cccc(-c3ccc(-c4cn[nH]c4)cc3)c2)CC1. The van der Waals surface area contributed by atoms with E-state index in [1.54, 1.807) is 0 Å². The molecule has 134 valence electrons. The third kappa shape index (κ3) is 3.86. The molecule has 2 heterocycles. The second kappa shape index (κ2) is 7.05. The number of rotatable bonds is 4. The van der Waals surface area contributed by atoms with Crippen LogP contribution in [0.5, 0.6) is 0 Å². The van der Waals surface area contributed by atoms with E-state index in [9.17, 15) is 8.42 Å². The van der Waals surface area contributed by atoms with Crippen LogP contribution >= 0.6 is 0 Å². The molecule has 1 aliphatic heterocycles. The third-order valence-corrected chi connectivity index (χ3v) is 6.43. The highest BCUT2D eigenvalue weighted by molar-refractivity contribution is 7.91. The summed E-state index contributed by atoms with van der Waals surface area (Å²) < 4.78 is 23.1. The fraction of sp³-hybridized carbons (Fsp3) is 0.250. The third-order valence-electron chi connectivity index (χ3n) is 4.82. The lowest BCUT2D eigenvalue weighted by atomic mass is 10.00. The van der Waals surface area contributed by atoms with E-state index in [-0.39, 0.29) is 11.5 Å². The number of aromatic amines is 1. The summed E-state index contributed by atoms with van der Waals surface area (Å²) in [5.41, 5.74) is 5.76. The summed E-state index contributed by atoms with van der Waals surface area (Å²) in [7, 11) is -2.83. The van der Waals surface area contributed by atoms with Gasteiger partial charge in [-0.3, -0.25) is 10.00 Å². The van der Waals surface area contributed by atoms with Gasteiger partial charge in [-0.25, -0.2) is 8.42 Å². The molecule has 0 radical (unpaired) electrons. The Morgan fingerprint density at radius 2 is 1.62 bits per heavy atom. The molecule has 0 aliphatic carbocycles. The van der Waals surface area contributed by atoms with Gasteiger partial charge in [0.25, 0.3) is 0 Å². The van der Waals surface area contributed by atoms with Gasteiger partial charge < -0.3 is 0 Å². The Bertz CT molecular complexity index is 966. The fourth-order valence-electron chi connectivity index (χ4n) is 3.28. The number of nitrogens with one attached hydrogen (secondary N) is 1. The number of sulfone groups is 1. The van der Waals surface area contributed by atoms with Crippen LogP contribution in [0.4, 0.5) is 0 Å². The number of benzene rings is 2. The van der Waals surface area contributed by atoms with Crippen LogP contribution in [-0.4, -0.2) is 48.1 Å². The maximum Gasteiger partial charge on any atom is 0.152 e. The number of hydrogen-bond donors (Lipinski definition) is 1. The zero-order valence-corrected chi connectivity index (χ0v) is 15.2. The van der Waals surface area contributed by atoms with Gasteiger partial charge in [-0.05, 0) is 28.3 Å². The van der Waals surface area contributed by atoms with Gasteiger partial charge in [0.15, 0.2) is 9.84 Å². The number of nitrogens with zero attached hydrogens (tertiary/aromatic N) is 2. The standard InChI is InChI=1S/C20H21N3O2S/c24-26(25)10-8-23(9-11-26)15-16-2-1-3-19(12-16)17-4-6-18(7-5-17)20-13-21-22-14-20/h1-7,12-14H,8-11,15H2,(H,21,22). The first-order valence-corrected chi connectivity index (χ1v) is 10.5. The van der Waals surface area contributed by atoms with E-state index in [0.717, 1.165) is 17.7 Å². The van der Waals surface area contributed by atoms with Gasteiger partial charge in [0.2, 0.25) is 0 Å². The summed E-state index contributed by atoms with van der Waals surface area (Å²) in [5, 5.41) is 6.82. The Morgan fingerprint density at radius 3 is 2.27 bits per heavy atom. The van der Waals surface area contributed by atoms with Gasteiger partial charge in [-0.15, -0.1) is 0 Å². The number of hydrogen-bond acceptors (Lipinski definition) is 4. The quantitative estimate of drug-likeness (QED) is 0.770. The Balaban J connectivity index is 1.49. The molecule has 1 aliphatic rings. The highest BCUT2D eigenvalue weighted by Crippen LogP contribution is 2.25. The smallest absolute Gasteiger partial charge is 0.152 e. The van der Waals surface area contributed by atoms with Crippen molar-refractivity contribution in [2.24, 2.45) is 0 Å². The van der Waals surface area contributed by atoms with Gasteiger partial charge in [0.1, 0.15) is 0 Å². The van der Waals surface area contributed by atoms with Crippen molar-refractivity contribution in [2.75, 3.05) is 24.6 Å². The molecule has 2 aromatic carbocycles. The van der Waals surface area contributed by atoms with E-state index >= 15 is 0 Å². The first-order valence-electron chi connectivity index (χ1n) is 8.70. The maximum absolute atomic E-state index is 11.6. The average molecular weight is 367 g/mol. The minimum Gasteiger partial charge on any atom is -0.297 e. The van der Waals surface area contributed by atoms with Gasteiger partial charge in [0.05, 0.1) is 17.7 Å². The summed E-state index contributed by atoms with van der Waals surface area (Å²) >= 11 is 0. The molecule has 5 nitrogen and oxygen atoms in total. The fourth-order valence-corrected chi connectivity index (χ4v) is 4.56. The molecule has 1 N–H and O–H groups in total. The van der Waals surface area contributed by atoms with Crippen LogP contribution in [0.1, 0.15) is 5.56 Å². The zero-order chi connectivity index (χ0) is 18.0. The van der Waals surface area contributed by atoms with Crippen LogP contribution in [0.15, 0.2) is 60.9 Å². The van der Waals surface area contributed by atoms with Crippen molar-refractivity contribution in [3.8, 4) is 22.3 Å². The van der Waals surface area contributed by atoms with Crippen molar-refractivity contribution >= 4 is 9.84 Å². The summed E-state index contributed by atoms with van der Waals surface area (Å²) in [5.74, 6) is 0.532. The normalized spacial score (nSPS) is 17.2. The molecule has 1 aromatic heterocycles. The first kappa shape index (κ1) is 17.0. The molecule has 4 rings (SSSR count). The summed E-state index contributed by atoms with van der Waals surface area (Å²) in [6.45, 7) is 2.02. The molecule has 0 saturated carbocycles. The molecule has 1 fully saturated rings. The molecular formula is C20H21N3O2S. The van der Waals surface area contributed by atoms with Gasteiger partial charge in [0, 0.05) is 31.4 Å². The highest BCUT2D eigenvalue weighted by atomic mass is 32.2. The zero-order valence-electron chi connectivity index (χ0n) is 14.4. The minimum atomic E-state index is -2.83. The van der Waals surface area contributed by atoms with Crippen molar-refractivity contribution in [1.29, 1.82) is 0 Å². The van der Waals surface area contributed by atoms with Crippen LogP contribution in [0.2, 0.25) is 0 Å². The lowest BCUT2D eigenvalue weighted by molar-refractivity contribution is 0.288. The lowest BCUT2D eigenvalue weighted by Crippen LogP contribution is -2.39. The van der Waals surface area contributed by atoms with Crippen molar-refractivity contribution in [3.05, 3.63) is 66.5 Å². The van der Waals surface area contributed by atoms with E-state index < -0.39 is 9.84 Å². The van der Waals surface area contributed by atoms with E-state index in [0.29, 0.717) is 13.1 Å². The topological polar surface area (TPSA) is 66.1 Å². The molecule has 3 aromatic rings. The van der Waals surface area contributed by atoms with Crippen LogP contribution < -0.4 is 0 Å². The Morgan fingerprint density at radius 1 is 0.923 bits per heavy atom. The Hall–Kier alpha value is -2.44. The predicted octanol–water partition coefficient (Wildman–Crippen LogP) is 2.97. The van der Waals surface area contributed by atoms with E-state index in [1.165, 1.54) is 16.7 Å². The second-order valence-corrected chi connectivity index (χ2v) is 9.00. The molecule has 0 spiro atoms. The van der Waals surface area contributed by atoms with Crippen LogP contribution in [0.25, 0.3) is 22.3 Å². The summed E-state index contributed by atoms with van der Waals surface area (Å²) in [6, 6.07) is 16.9. The molecule has 0 bridgehead atoms. The molecule has 0 unspecified atom stereocenters.